The molecule has 0 unspecified atom stereocenters. The zero-order valence-electron chi connectivity index (χ0n) is 14.8. The first-order valence-electron chi connectivity index (χ1n) is 9.83. The second-order valence-corrected chi connectivity index (χ2v) is 10.6. The van der Waals surface area contributed by atoms with Gasteiger partial charge in [-0.25, -0.2) is 0 Å². The summed E-state index contributed by atoms with van der Waals surface area (Å²) in [5, 5.41) is 0. The molecule has 5 aliphatic carbocycles. The molecule has 0 N–H and O–H groups in total. The number of fused-ring (bicyclic) bond motifs is 2. The molecule has 0 heteroatoms. The predicted molar refractivity (Wildman–Crippen MR) is 88.1 cm³/mol. The van der Waals surface area contributed by atoms with E-state index in [2.05, 4.69) is 27.7 Å². The van der Waals surface area contributed by atoms with Crippen LogP contribution in [0, 0.1) is 32.5 Å². The molecule has 5 rings (SSSR count). The molecule has 0 radical (unpaired) electrons. The van der Waals surface area contributed by atoms with Crippen molar-refractivity contribution in [1.29, 1.82) is 0 Å². The molecule has 118 valence electrons. The molecular weight excluding hydrogens is 253 g/mol. The normalized spacial score (nSPS) is 40.6. The maximum atomic E-state index is 2.72. The molecule has 0 aromatic heterocycles. The number of hydrogen-bond acceptors (Lipinski definition) is 0. The van der Waals surface area contributed by atoms with Gasteiger partial charge in [0.15, 0.2) is 0 Å². The fourth-order valence-electron chi connectivity index (χ4n) is 9.48. The Morgan fingerprint density at radius 1 is 0.381 bits per heavy atom. The van der Waals surface area contributed by atoms with Gasteiger partial charge in [-0.3, -0.25) is 0 Å². The van der Waals surface area contributed by atoms with Crippen LogP contribution in [-0.2, 0) is 0 Å². The maximum absolute atomic E-state index is 2.72. The van der Waals surface area contributed by atoms with Gasteiger partial charge in [-0.1, -0.05) is 47.0 Å². The molecule has 0 saturated heterocycles. The maximum Gasteiger partial charge on any atom is -0.0173 e. The Hall–Kier alpha value is 0. The Labute approximate surface area is 131 Å². The van der Waals surface area contributed by atoms with E-state index in [4.69, 9.17) is 0 Å². The van der Waals surface area contributed by atoms with E-state index in [1.807, 2.05) is 0 Å². The first-order chi connectivity index (χ1) is 9.83. The zero-order valence-corrected chi connectivity index (χ0v) is 14.8. The summed E-state index contributed by atoms with van der Waals surface area (Å²) in [5.74, 6) is 0. The van der Waals surface area contributed by atoms with Crippen molar-refractivity contribution in [2.24, 2.45) is 32.5 Å². The van der Waals surface area contributed by atoms with Gasteiger partial charge in [0.25, 0.3) is 0 Å². The summed E-state index contributed by atoms with van der Waals surface area (Å²) in [6.07, 6.45) is 17.1. The van der Waals surface area contributed by atoms with Crippen molar-refractivity contribution in [2.75, 3.05) is 0 Å². The highest BCUT2D eigenvalue weighted by atomic mass is 15.0. The average Bonchev–Trinajstić information content (AvgIpc) is 2.88. The first kappa shape index (κ1) is 13.4. The van der Waals surface area contributed by atoms with Crippen LogP contribution in [0.5, 0.6) is 0 Å². The molecule has 0 aromatic rings. The first-order valence-corrected chi connectivity index (χ1v) is 9.83. The van der Waals surface area contributed by atoms with E-state index >= 15 is 0 Å². The van der Waals surface area contributed by atoms with Crippen LogP contribution in [0.15, 0.2) is 0 Å². The van der Waals surface area contributed by atoms with Crippen LogP contribution in [-0.4, -0.2) is 0 Å². The van der Waals surface area contributed by atoms with Gasteiger partial charge in [0.05, 0.1) is 0 Å². The smallest absolute Gasteiger partial charge is 0.0173 e. The minimum atomic E-state index is 0.581. The number of rotatable bonds is 0. The molecule has 0 atom stereocenters. The summed E-state index contributed by atoms with van der Waals surface area (Å²) >= 11 is 0. The van der Waals surface area contributed by atoms with E-state index in [9.17, 15) is 0 Å². The monoisotopic (exact) mass is 287 g/mol. The highest BCUT2D eigenvalue weighted by molar-refractivity contribution is 5.35. The Morgan fingerprint density at radius 2 is 0.714 bits per heavy atom. The van der Waals surface area contributed by atoms with Gasteiger partial charge >= 0.3 is 0 Å². The summed E-state index contributed by atoms with van der Waals surface area (Å²) in [7, 11) is 0. The van der Waals surface area contributed by atoms with Crippen LogP contribution < -0.4 is 0 Å². The molecule has 0 nitrogen and oxygen atoms in total. The molecule has 5 aliphatic rings. The lowest BCUT2D eigenvalue weighted by Gasteiger charge is -2.84. The molecule has 0 aromatic carbocycles. The Kier molecular flexibility index (Phi) is 2.09. The molecule has 21 heavy (non-hydrogen) atoms. The van der Waals surface area contributed by atoms with Crippen LogP contribution in [0.3, 0.4) is 0 Å². The third kappa shape index (κ3) is 0.941. The zero-order chi connectivity index (χ0) is 14.8. The molecule has 0 heterocycles. The fraction of sp³-hybridized carbons (Fsp3) is 1.00. The lowest BCUT2D eigenvalue weighted by atomic mass is 9.21. The van der Waals surface area contributed by atoms with Gasteiger partial charge in [-0.2, -0.15) is 0 Å². The number of hydrogen-bond donors (Lipinski definition) is 0. The Balaban J connectivity index is 1.77. The van der Waals surface area contributed by atoms with E-state index in [1.165, 1.54) is 32.1 Å². The van der Waals surface area contributed by atoms with Crippen molar-refractivity contribution in [3.05, 3.63) is 0 Å². The Morgan fingerprint density at radius 3 is 0.905 bits per heavy atom. The lowest BCUT2D eigenvalue weighted by Crippen LogP contribution is -2.77. The van der Waals surface area contributed by atoms with Gasteiger partial charge in [0.2, 0.25) is 0 Å². The highest BCUT2D eigenvalue weighted by Gasteiger charge is 2.86. The van der Waals surface area contributed by atoms with E-state index in [1.54, 1.807) is 38.5 Å². The predicted octanol–water partition coefficient (Wildman–Crippen LogP) is 6.34. The van der Waals surface area contributed by atoms with Crippen molar-refractivity contribution in [2.45, 2.75) is 98.3 Å². The van der Waals surface area contributed by atoms with Crippen molar-refractivity contribution < 1.29 is 0 Å². The molecule has 5 fully saturated rings. The van der Waals surface area contributed by atoms with Crippen LogP contribution >= 0.6 is 0 Å². The van der Waals surface area contributed by atoms with Gasteiger partial charge in [0, 0.05) is 0 Å². The lowest BCUT2D eigenvalue weighted by molar-refractivity contribution is -0.355. The van der Waals surface area contributed by atoms with E-state index in [0.717, 1.165) is 16.2 Å². The van der Waals surface area contributed by atoms with Gasteiger partial charge in [-0.15, -0.1) is 0 Å². The molecule has 4 spiro atoms. The average molecular weight is 287 g/mol. The molecule has 5 saturated carbocycles. The quantitative estimate of drug-likeness (QED) is 0.456. The third-order valence-corrected chi connectivity index (χ3v) is 11.0. The topological polar surface area (TPSA) is 0 Å². The van der Waals surface area contributed by atoms with Crippen LogP contribution in [0.1, 0.15) is 98.3 Å². The molecule has 0 aliphatic heterocycles. The SMILES string of the molecule is CC1(C)C2(CCC2)C(C)(C)C2(CCC2)C2(C[13CH2]2)C12CCC2. The van der Waals surface area contributed by atoms with E-state index in [-0.39, 0.29) is 0 Å². The minimum absolute atomic E-state index is 0.581. The van der Waals surface area contributed by atoms with Crippen LogP contribution in [0.2, 0.25) is 0 Å². The standard InChI is InChI=1S/C21H34/c1-16(2)18(8-5-9-18)17(3,4)20(12-7-13-20)21(14-15-21)19(16)10-6-11-19/h5-15H2,1-4H3/i14+1. The van der Waals surface area contributed by atoms with Crippen LogP contribution in [0.4, 0.5) is 0 Å². The summed E-state index contributed by atoms with van der Waals surface area (Å²) in [6.45, 7) is 10.9. The van der Waals surface area contributed by atoms with Gasteiger partial charge in [0.1, 0.15) is 0 Å². The second kappa shape index (κ2) is 3.27. The van der Waals surface area contributed by atoms with Crippen molar-refractivity contribution >= 4 is 0 Å². The highest BCUT2D eigenvalue weighted by Crippen LogP contribution is 2.94. The molecule has 0 bridgehead atoms. The van der Waals surface area contributed by atoms with E-state index < -0.39 is 0 Å². The molecule has 0 amide bonds. The third-order valence-electron chi connectivity index (χ3n) is 11.0. The minimum Gasteiger partial charge on any atom is -0.0588 e. The van der Waals surface area contributed by atoms with Crippen molar-refractivity contribution in [1.82, 2.24) is 0 Å². The largest absolute Gasteiger partial charge is 0.0588 e. The molecular formula is C21H34. The summed E-state index contributed by atoms with van der Waals surface area (Å²) in [6, 6.07) is 0. The van der Waals surface area contributed by atoms with Gasteiger partial charge in [-0.05, 0) is 83.9 Å². The van der Waals surface area contributed by atoms with Gasteiger partial charge < -0.3 is 0 Å². The summed E-state index contributed by atoms with van der Waals surface area (Å²) in [4.78, 5) is 0. The Bertz CT molecular complexity index is 409. The van der Waals surface area contributed by atoms with Crippen LogP contribution in [0.25, 0.3) is 0 Å². The summed E-state index contributed by atoms with van der Waals surface area (Å²) in [5.41, 5.74) is 4.06. The van der Waals surface area contributed by atoms with Crippen molar-refractivity contribution in [3.8, 4) is 0 Å². The summed E-state index contributed by atoms with van der Waals surface area (Å²) < 4.78 is 0. The van der Waals surface area contributed by atoms with E-state index in [0.29, 0.717) is 16.2 Å². The fourth-order valence-corrected chi connectivity index (χ4v) is 9.48. The van der Waals surface area contributed by atoms with Crippen molar-refractivity contribution in [3.63, 3.8) is 0 Å². The second-order valence-electron chi connectivity index (χ2n) is 10.6.